The Balaban J connectivity index is 1.58. The number of likely N-dealkylation sites (tertiary alicyclic amines) is 1. The van der Waals surface area contributed by atoms with Crippen LogP contribution >= 0.6 is 0 Å². The molecular weight excluding hydrogens is 328 g/mol. The lowest BCUT2D eigenvalue weighted by atomic mass is 10.1. The van der Waals surface area contributed by atoms with Crippen molar-refractivity contribution in [1.82, 2.24) is 19.6 Å². The van der Waals surface area contributed by atoms with Gasteiger partial charge in [-0.25, -0.2) is 4.98 Å². The zero-order chi connectivity index (χ0) is 17.5. The Labute approximate surface area is 151 Å². The SMILES string of the molecule is O=c1c2ccccc2nc(C2CCCN2Cc2cnoc2)n1CC1CC1. The Kier molecular flexibility index (Phi) is 3.85. The largest absolute Gasteiger partial charge is 0.364 e. The molecule has 0 spiro atoms. The van der Waals surface area contributed by atoms with E-state index in [1.165, 1.54) is 12.8 Å². The number of hydrogen-bond donors (Lipinski definition) is 0. The summed E-state index contributed by atoms with van der Waals surface area (Å²) in [4.78, 5) is 20.5. The van der Waals surface area contributed by atoms with Crippen molar-refractivity contribution in [1.29, 1.82) is 0 Å². The normalized spacial score (nSPS) is 20.8. The maximum absolute atomic E-state index is 13.2. The smallest absolute Gasteiger partial charge is 0.261 e. The van der Waals surface area contributed by atoms with E-state index in [4.69, 9.17) is 9.51 Å². The summed E-state index contributed by atoms with van der Waals surface area (Å²) in [6.07, 6.45) is 8.03. The monoisotopic (exact) mass is 350 g/mol. The second kappa shape index (κ2) is 6.36. The molecule has 1 saturated carbocycles. The highest BCUT2D eigenvalue weighted by atomic mass is 16.5. The highest BCUT2D eigenvalue weighted by molar-refractivity contribution is 5.77. The van der Waals surface area contributed by atoms with Crippen LogP contribution in [0.5, 0.6) is 0 Å². The van der Waals surface area contributed by atoms with Crippen LogP contribution in [0.1, 0.15) is 43.1 Å². The molecule has 3 heterocycles. The number of nitrogens with zero attached hydrogens (tertiary/aromatic N) is 4. The predicted octanol–water partition coefficient (Wildman–Crippen LogP) is 3.13. The number of benzene rings is 1. The second-order valence-corrected chi connectivity index (χ2v) is 7.51. The van der Waals surface area contributed by atoms with Gasteiger partial charge in [-0.15, -0.1) is 0 Å². The Morgan fingerprint density at radius 2 is 2.08 bits per heavy atom. The average molecular weight is 350 g/mol. The van der Waals surface area contributed by atoms with Gasteiger partial charge in [0.1, 0.15) is 12.1 Å². The molecule has 134 valence electrons. The van der Waals surface area contributed by atoms with E-state index in [1.54, 1.807) is 12.5 Å². The van der Waals surface area contributed by atoms with Crippen molar-refractivity contribution in [2.75, 3.05) is 6.54 Å². The van der Waals surface area contributed by atoms with Gasteiger partial charge in [0, 0.05) is 18.7 Å². The summed E-state index contributed by atoms with van der Waals surface area (Å²) < 4.78 is 6.93. The summed E-state index contributed by atoms with van der Waals surface area (Å²) >= 11 is 0. The predicted molar refractivity (Wildman–Crippen MR) is 97.6 cm³/mol. The van der Waals surface area contributed by atoms with E-state index in [2.05, 4.69) is 10.1 Å². The minimum atomic E-state index is 0.106. The molecule has 0 amide bonds. The first kappa shape index (κ1) is 15.8. The van der Waals surface area contributed by atoms with E-state index < -0.39 is 0 Å². The molecule has 2 aliphatic rings. The molecule has 1 saturated heterocycles. The van der Waals surface area contributed by atoms with Crippen molar-refractivity contribution in [2.24, 2.45) is 5.92 Å². The van der Waals surface area contributed by atoms with Crippen LogP contribution in [-0.2, 0) is 13.1 Å². The molecular formula is C20H22N4O2. The van der Waals surface area contributed by atoms with Gasteiger partial charge >= 0.3 is 0 Å². The maximum atomic E-state index is 13.2. The zero-order valence-corrected chi connectivity index (χ0v) is 14.7. The number of aromatic nitrogens is 3. The quantitative estimate of drug-likeness (QED) is 0.707. The summed E-state index contributed by atoms with van der Waals surface area (Å²) in [5, 5.41) is 4.53. The van der Waals surface area contributed by atoms with Crippen molar-refractivity contribution in [3.8, 4) is 0 Å². The van der Waals surface area contributed by atoms with Gasteiger partial charge in [0.05, 0.1) is 23.1 Å². The minimum Gasteiger partial charge on any atom is -0.364 e. The number of hydrogen-bond acceptors (Lipinski definition) is 5. The van der Waals surface area contributed by atoms with Gasteiger partial charge in [-0.3, -0.25) is 14.3 Å². The van der Waals surface area contributed by atoms with E-state index in [0.29, 0.717) is 5.92 Å². The van der Waals surface area contributed by atoms with Crippen LogP contribution in [0.15, 0.2) is 46.0 Å². The first-order chi connectivity index (χ1) is 12.8. The summed E-state index contributed by atoms with van der Waals surface area (Å²) in [5.41, 5.74) is 1.97. The Morgan fingerprint density at radius 1 is 1.19 bits per heavy atom. The standard InChI is InChI=1S/C20H22N4O2/c25-20-16-4-1-2-5-17(16)22-19(24(20)12-14-7-8-14)18-6-3-9-23(18)11-15-10-21-26-13-15/h1-2,4-5,10,13-14,18H,3,6-9,11-12H2. The summed E-state index contributed by atoms with van der Waals surface area (Å²) in [7, 11) is 0. The van der Waals surface area contributed by atoms with E-state index in [0.717, 1.165) is 54.8 Å². The van der Waals surface area contributed by atoms with Crippen molar-refractivity contribution in [3.05, 3.63) is 58.5 Å². The lowest BCUT2D eigenvalue weighted by Crippen LogP contribution is -2.32. The van der Waals surface area contributed by atoms with Gasteiger partial charge < -0.3 is 4.52 Å². The Morgan fingerprint density at radius 3 is 2.88 bits per heavy atom. The van der Waals surface area contributed by atoms with Crippen LogP contribution in [0.25, 0.3) is 10.9 Å². The van der Waals surface area contributed by atoms with Crippen molar-refractivity contribution < 1.29 is 4.52 Å². The molecule has 2 fully saturated rings. The summed E-state index contributed by atoms with van der Waals surface area (Å²) in [6.45, 7) is 2.58. The highest BCUT2D eigenvalue weighted by Gasteiger charge is 2.32. The van der Waals surface area contributed by atoms with E-state index in [9.17, 15) is 4.79 Å². The van der Waals surface area contributed by atoms with E-state index >= 15 is 0 Å². The van der Waals surface area contributed by atoms with Gasteiger partial charge in [-0.05, 0) is 50.3 Å². The van der Waals surface area contributed by atoms with Crippen LogP contribution in [0.4, 0.5) is 0 Å². The molecule has 0 radical (unpaired) electrons. The highest BCUT2D eigenvalue weighted by Crippen LogP contribution is 2.35. The fourth-order valence-corrected chi connectivity index (χ4v) is 4.02. The van der Waals surface area contributed by atoms with Gasteiger partial charge in [0.15, 0.2) is 0 Å². The fraction of sp³-hybridized carbons (Fsp3) is 0.450. The van der Waals surface area contributed by atoms with Crippen LogP contribution in [0.2, 0.25) is 0 Å². The molecule has 0 N–H and O–H groups in total. The minimum absolute atomic E-state index is 0.106. The van der Waals surface area contributed by atoms with Gasteiger partial charge in [-0.2, -0.15) is 0 Å². The van der Waals surface area contributed by atoms with Crippen LogP contribution < -0.4 is 5.56 Å². The van der Waals surface area contributed by atoms with Crippen molar-refractivity contribution >= 4 is 10.9 Å². The molecule has 1 unspecified atom stereocenters. The Hall–Kier alpha value is -2.47. The second-order valence-electron chi connectivity index (χ2n) is 7.51. The molecule has 1 aromatic carbocycles. The third-order valence-corrected chi connectivity index (χ3v) is 5.56. The number of para-hydroxylation sites is 1. The van der Waals surface area contributed by atoms with Crippen molar-refractivity contribution in [2.45, 2.75) is 44.8 Å². The summed E-state index contributed by atoms with van der Waals surface area (Å²) in [6, 6.07) is 7.87. The maximum Gasteiger partial charge on any atom is 0.261 e. The zero-order valence-electron chi connectivity index (χ0n) is 14.7. The molecule has 1 atom stereocenters. The third kappa shape index (κ3) is 2.84. The van der Waals surface area contributed by atoms with E-state index in [1.807, 2.05) is 28.8 Å². The van der Waals surface area contributed by atoms with Crippen LogP contribution in [-0.4, -0.2) is 26.2 Å². The fourth-order valence-electron chi connectivity index (χ4n) is 4.02. The molecule has 6 heteroatoms. The van der Waals surface area contributed by atoms with Gasteiger partial charge in [0.25, 0.3) is 5.56 Å². The average Bonchev–Trinajstić information content (AvgIpc) is 3.13. The third-order valence-electron chi connectivity index (χ3n) is 5.56. The molecule has 6 nitrogen and oxygen atoms in total. The molecule has 3 aromatic rings. The van der Waals surface area contributed by atoms with Gasteiger partial charge in [0.2, 0.25) is 0 Å². The van der Waals surface area contributed by atoms with E-state index in [-0.39, 0.29) is 11.6 Å². The molecule has 1 aliphatic heterocycles. The summed E-state index contributed by atoms with van der Waals surface area (Å²) in [5.74, 6) is 1.55. The molecule has 0 bridgehead atoms. The topological polar surface area (TPSA) is 64.2 Å². The lowest BCUT2D eigenvalue weighted by molar-refractivity contribution is 0.231. The van der Waals surface area contributed by atoms with Crippen molar-refractivity contribution in [3.63, 3.8) is 0 Å². The first-order valence-corrected chi connectivity index (χ1v) is 9.41. The molecule has 1 aliphatic carbocycles. The number of rotatable bonds is 5. The molecule has 26 heavy (non-hydrogen) atoms. The van der Waals surface area contributed by atoms with Crippen LogP contribution in [0, 0.1) is 5.92 Å². The number of fused-ring (bicyclic) bond motifs is 1. The lowest BCUT2D eigenvalue weighted by Gasteiger charge is -2.26. The molecule has 5 rings (SSSR count). The Bertz CT molecular complexity index is 975. The van der Waals surface area contributed by atoms with Gasteiger partial charge in [-0.1, -0.05) is 17.3 Å². The molecule has 2 aromatic heterocycles. The van der Waals surface area contributed by atoms with Crippen LogP contribution in [0.3, 0.4) is 0 Å². The first-order valence-electron chi connectivity index (χ1n) is 9.41.